The number of aryl methyl sites for hydroxylation is 2. The minimum absolute atomic E-state index is 0.174. The maximum atomic E-state index is 13.7. The number of hydrogen-bond donors (Lipinski definition) is 1. The van der Waals surface area contributed by atoms with E-state index in [1.165, 1.54) is 44.6 Å². The second-order valence-electron chi connectivity index (χ2n) is 6.91. The highest BCUT2D eigenvalue weighted by Crippen LogP contribution is 2.24. The molecule has 0 spiro atoms. The highest BCUT2D eigenvalue weighted by Gasteiger charge is 2.14. The summed E-state index contributed by atoms with van der Waals surface area (Å²) < 4.78 is 20.9. The quantitative estimate of drug-likeness (QED) is 0.676. The number of ether oxygens (including phenoxy) is 1. The van der Waals surface area contributed by atoms with Crippen molar-refractivity contribution in [2.45, 2.75) is 32.2 Å². The largest absolute Gasteiger partial charge is 0.494 e. The van der Waals surface area contributed by atoms with Crippen LogP contribution >= 0.6 is 0 Å². The number of methoxy groups -OCH3 is 1. The Labute approximate surface area is 162 Å². The normalized spacial score (nSPS) is 14.1. The minimum atomic E-state index is -0.463. The summed E-state index contributed by atoms with van der Waals surface area (Å²) in [4.78, 5) is 17.0. The third-order valence-electron chi connectivity index (χ3n) is 4.98. The number of anilines is 1. The van der Waals surface area contributed by atoms with Crippen molar-refractivity contribution in [1.29, 1.82) is 0 Å². The molecule has 0 saturated carbocycles. The number of nitrogens with one attached hydrogen (secondary N) is 1. The monoisotopic (exact) mass is 379 g/mol. The average molecular weight is 379 g/mol. The first-order valence-electron chi connectivity index (χ1n) is 9.46. The molecule has 144 valence electrons. The van der Waals surface area contributed by atoms with E-state index in [1.807, 2.05) is 18.2 Å². The fourth-order valence-corrected chi connectivity index (χ4v) is 3.57. The molecule has 2 aromatic carbocycles. The smallest absolute Gasteiger partial charge is 0.248 e. The Kier molecular flexibility index (Phi) is 5.10. The molecule has 0 fully saturated rings. The lowest BCUT2D eigenvalue weighted by Crippen LogP contribution is -2.07. The Balaban J connectivity index is 1.48. The van der Waals surface area contributed by atoms with Gasteiger partial charge in [-0.25, -0.2) is 9.37 Å². The van der Waals surface area contributed by atoms with E-state index in [-0.39, 0.29) is 11.7 Å². The molecule has 2 heterocycles. The number of imidazole rings is 1. The van der Waals surface area contributed by atoms with Gasteiger partial charge in [-0.15, -0.1) is 0 Å². The van der Waals surface area contributed by atoms with E-state index >= 15 is 0 Å². The predicted molar refractivity (Wildman–Crippen MR) is 108 cm³/mol. The molecule has 1 aliphatic heterocycles. The lowest BCUT2D eigenvalue weighted by Gasteiger charge is -2.05. The molecule has 1 N–H and O–H groups in total. The first-order chi connectivity index (χ1) is 13.6. The van der Waals surface area contributed by atoms with Gasteiger partial charge in [-0.3, -0.25) is 4.79 Å². The molecule has 0 saturated heterocycles. The standard InChI is InChI=1S/C22H22FN3O2/c1-28-20-10-6-15(13-17(20)23)7-11-22(27)24-16-8-9-19-18(14-16)25-21-5-3-2-4-12-26(19)21/h6-11,13-14H,2-5,12H2,1H3,(H,24,27)/b11-7+. The summed E-state index contributed by atoms with van der Waals surface area (Å²) >= 11 is 0. The van der Waals surface area contributed by atoms with Crippen molar-refractivity contribution in [2.24, 2.45) is 0 Å². The zero-order valence-corrected chi connectivity index (χ0v) is 15.7. The lowest BCUT2D eigenvalue weighted by molar-refractivity contribution is -0.111. The number of fused-ring (bicyclic) bond motifs is 3. The van der Waals surface area contributed by atoms with Gasteiger partial charge in [0.2, 0.25) is 5.91 Å². The summed E-state index contributed by atoms with van der Waals surface area (Å²) in [5.41, 5.74) is 3.29. The highest BCUT2D eigenvalue weighted by atomic mass is 19.1. The van der Waals surface area contributed by atoms with Gasteiger partial charge in [-0.2, -0.15) is 0 Å². The van der Waals surface area contributed by atoms with Gasteiger partial charge in [0.05, 0.1) is 18.1 Å². The van der Waals surface area contributed by atoms with Crippen LogP contribution in [0.5, 0.6) is 5.75 Å². The van der Waals surface area contributed by atoms with Crippen LogP contribution in [0.2, 0.25) is 0 Å². The van der Waals surface area contributed by atoms with Crippen LogP contribution in [0.25, 0.3) is 17.1 Å². The molecule has 0 unspecified atom stereocenters. The molecule has 6 heteroatoms. The Hall–Kier alpha value is -3.15. The topological polar surface area (TPSA) is 56.1 Å². The molecule has 3 aromatic rings. The molecule has 0 radical (unpaired) electrons. The van der Waals surface area contributed by atoms with Crippen molar-refractivity contribution in [1.82, 2.24) is 9.55 Å². The Morgan fingerprint density at radius 2 is 2.11 bits per heavy atom. The molecule has 1 aliphatic rings. The Morgan fingerprint density at radius 1 is 1.21 bits per heavy atom. The molecule has 28 heavy (non-hydrogen) atoms. The molecule has 4 rings (SSSR count). The van der Waals surface area contributed by atoms with Crippen molar-refractivity contribution in [3.63, 3.8) is 0 Å². The number of benzene rings is 2. The van der Waals surface area contributed by atoms with Crippen LogP contribution in [0.4, 0.5) is 10.1 Å². The Bertz CT molecular complexity index is 1060. The molecule has 1 amide bonds. The molecular formula is C22H22FN3O2. The van der Waals surface area contributed by atoms with E-state index in [1.54, 1.807) is 12.1 Å². The first-order valence-corrected chi connectivity index (χ1v) is 9.46. The van der Waals surface area contributed by atoms with E-state index in [4.69, 9.17) is 9.72 Å². The Morgan fingerprint density at radius 3 is 2.93 bits per heavy atom. The summed E-state index contributed by atoms with van der Waals surface area (Å²) in [6, 6.07) is 10.3. The summed E-state index contributed by atoms with van der Waals surface area (Å²) in [6.45, 7) is 0.999. The zero-order valence-electron chi connectivity index (χ0n) is 15.7. The lowest BCUT2D eigenvalue weighted by atomic mass is 10.2. The van der Waals surface area contributed by atoms with Crippen molar-refractivity contribution in [2.75, 3.05) is 12.4 Å². The maximum absolute atomic E-state index is 13.7. The molecule has 1 aromatic heterocycles. The number of hydrogen-bond acceptors (Lipinski definition) is 3. The zero-order chi connectivity index (χ0) is 19.5. The molecule has 5 nitrogen and oxygen atoms in total. The SMILES string of the molecule is COc1ccc(/C=C/C(=O)Nc2ccc3c(c2)nc2n3CCCCC2)cc1F. The molecule has 0 atom stereocenters. The fourth-order valence-electron chi connectivity index (χ4n) is 3.57. The number of rotatable bonds is 4. The van der Waals surface area contributed by atoms with E-state index in [2.05, 4.69) is 9.88 Å². The van der Waals surface area contributed by atoms with Crippen molar-refractivity contribution < 1.29 is 13.9 Å². The second-order valence-corrected chi connectivity index (χ2v) is 6.91. The number of carbonyl (C=O) groups is 1. The van der Waals surface area contributed by atoms with Gasteiger partial charge < -0.3 is 14.6 Å². The molecule has 0 aliphatic carbocycles. The van der Waals surface area contributed by atoms with E-state index in [0.717, 1.165) is 29.8 Å². The predicted octanol–water partition coefficient (Wildman–Crippen LogP) is 4.56. The van der Waals surface area contributed by atoms with Gasteiger partial charge in [-0.1, -0.05) is 12.5 Å². The third-order valence-corrected chi connectivity index (χ3v) is 4.98. The molecular weight excluding hydrogens is 357 g/mol. The van der Waals surface area contributed by atoms with Crippen molar-refractivity contribution in [3.05, 3.63) is 59.7 Å². The number of nitrogens with zero attached hydrogens (tertiary/aromatic N) is 2. The van der Waals surface area contributed by atoms with Crippen LogP contribution in [-0.2, 0) is 17.8 Å². The number of aromatic nitrogens is 2. The first kappa shape index (κ1) is 18.2. The summed E-state index contributed by atoms with van der Waals surface area (Å²) in [7, 11) is 1.41. The van der Waals surface area contributed by atoms with Crippen LogP contribution < -0.4 is 10.1 Å². The van der Waals surface area contributed by atoms with Crippen molar-refractivity contribution in [3.8, 4) is 5.75 Å². The summed E-state index contributed by atoms with van der Waals surface area (Å²) in [6.07, 6.45) is 7.53. The minimum Gasteiger partial charge on any atom is -0.494 e. The summed E-state index contributed by atoms with van der Waals surface area (Å²) in [5.74, 6) is 0.553. The van der Waals surface area contributed by atoms with Gasteiger partial charge >= 0.3 is 0 Å². The van der Waals surface area contributed by atoms with Gasteiger partial charge in [0.1, 0.15) is 5.82 Å². The highest BCUT2D eigenvalue weighted by molar-refractivity contribution is 6.02. The van der Waals surface area contributed by atoms with Crippen LogP contribution in [0, 0.1) is 5.82 Å². The van der Waals surface area contributed by atoms with Gasteiger partial charge in [0.25, 0.3) is 0 Å². The number of amides is 1. The van der Waals surface area contributed by atoms with Gasteiger partial charge in [0, 0.05) is 24.7 Å². The average Bonchev–Trinajstić information content (AvgIpc) is 2.86. The van der Waals surface area contributed by atoms with E-state index < -0.39 is 5.82 Å². The van der Waals surface area contributed by atoms with E-state index in [0.29, 0.717) is 11.3 Å². The second kappa shape index (κ2) is 7.84. The maximum Gasteiger partial charge on any atom is 0.248 e. The van der Waals surface area contributed by atoms with Gasteiger partial charge in [-0.05, 0) is 54.8 Å². The van der Waals surface area contributed by atoms with Crippen molar-refractivity contribution >= 4 is 28.7 Å². The van der Waals surface area contributed by atoms with E-state index in [9.17, 15) is 9.18 Å². The summed E-state index contributed by atoms with van der Waals surface area (Å²) in [5, 5.41) is 2.84. The molecule has 0 bridgehead atoms. The number of carbonyl (C=O) groups excluding carboxylic acids is 1. The van der Waals surface area contributed by atoms with Crippen LogP contribution in [0.3, 0.4) is 0 Å². The van der Waals surface area contributed by atoms with Gasteiger partial charge in [0.15, 0.2) is 11.6 Å². The third kappa shape index (κ3) is 3.76. The fraction of sp³-hybridized carbons (Fsp3) is 0.273. The van der Waals surface area contributed by atoms with Crippen LogP contribution in [-0.4, -0.2) is 22.6 Å². The van der Waals surface area contributed by atoms with Crippen LogP contribution in [0.1, 0.15) is 30.7 Å². The number of halogens is 1. The van der Waals surface area contributed by atoms with Crippen LogP contribution in [0.15, 0.2) is 42.5 Å².